The van der Waals surface area contributed by atoms with E-state index in [0.29, 0.717) is 29.0 Å². The second-order valence-electron chi connectivity index (χ2n) is 8.77. The smallest absolute Gasteiger partial charge is 0.255 e. The number of hydrogen-bond acceptors (Lipinski definition) is 4. The van der Waals surface area contributed by atoms with Crippen molar-refractivity contribution < 1.29 is 19.0 Å². The van der Waals surface area contributed by atoms with Gasteiger partial charge in [-0.05, 0) is 66.3 Å². The zero-order chi connectivity index (χ0) is 22.7. The van der Waals surface area contributed by atoms with Crippen LogP contribution < -0.4 is 10.1 Å². The Morgan fingerprint density at radius 3 is 2.75 bits per heavy atom. The van der Waals surface area contributed by atoms with E-state index in [1.807, 2.05) is 6.07 Å². The standard InChI is InChI=1S/C26H27FN2O3/c1-17-3-4-18(11-23(17)27)13-29-25(31)21-12-19(22-14-28-10-7-20(22)15-30)5-6-24(21)32-16-26(2)8-9-26/h3-7,10-12,14,30H,8-9,13,15-16H2,1-2H3,(H,29,31). The van der Waals surface area contributed by atoms with Crippen LogP contribution in [0.15, 0.2) is 54.9 Å². The molecule has 1 amide bonds. The Labute approximate surface area is 187 Å². The molecule has 1 aliphatic rings. The number of pyridine rings is 1. The number of nitrogens with one attached hydrogen (secondary N) is 1. The highest BCUT2D eigenvalue weighted by atomic mass is 19.1. The number of halogens is 1. The van der Waals surface area contributed by atoms with Gasteiger partial charge in [-0.3, -0.25) is 9.78 Å². The number of aliphatic hydroxyl groups excluding tert-OH is 1. The summed E-state index contributed by atoms with van der Waals surface area (Å²) in [6.07, 6.45) is 5.52. The van der Waals surface area contributed by atoms with E-state index >= 15 is 0 Å². The molecule has 1 aliphatic carbocycles. The van der Waals surface area contributed by atoms with E-state index in [-0.39, 0.29) is 30.3 Å². The summed E-state index contributed by atoms with van der Waals surface area (Å²) in [6.45, 7) is 4.48. The van der Waals surface area contributed by atoms with Crippen molar-refractivity contribution in [2.45, 2.75) is 39.8 Å². The quantitative estimate of drug-likeness (QED) is 0.534. The van der Waals surface area contributed by atoms with Gasteiger partial charge >= 0.3 is 0 Å². The Balaban J connectivity index is 1.61. The van der Waals surface area contributed by atoms with E-state index in [9.17, 15) is 14.3 Å². The largest absolute Gasteiger partial charge is 0.492 e. The van der Waals surface area contributed by atoms with E-state index in [4.69, 9.17) is 4.74 Å². The number of rotatable bonds is 8. The lowest BCUT2D eigenvalue weighted by Gasteiger charge is -2.16. The summed E-state index contributed by atoms with van der Waals surface area (Å²) in [7, 11) is 0. The van der Waals surface area contributed by atoms with Gasteiger partial charge in [-0.15, -0.1) is 0 Å². The van der Waals surface area contributed by atoms with Gasteiger partial charge in [0.05, 0.1) is 18.8 Å². The van der Waals surface area contributed by atoms with Crippen LogP contribution in [0.5, 0.6) is 5.75 Å². The molecule has 1 heterocycles. The average molecular weight is 435 g/mol. The average Bonchev–Trinajstić information content (AvgIpc) is 3.55. The fraction of sp³-hybridized carbons (Fsp3) is 0.308. The van der Waals surface area contributed by atoms with Crippen molar-refractivity contribution >= 4 is 5.91 Å². The maximum absolute atomic E-state index is 13.9. The van der Waals surface area contributed by atoms with Crippen LogP contribution in [0, 0.1) is 18.2 Å². The molecule has 2 aromatic carbocycles. The van der Waals surface area contributed by atoms with E-state index in [1.54, 1.807) is 49.6 Å². The fourth-order valence-electron chi connectivity index (χ4n) is 3.46. The molecule has 0 bridgehead atoms. The molecule has 0 saturated heterocycles. The van der Waals surface area contributed by atoms with Crippen molar-refractivity contribution in [3.63, 3.8) is 0 Å². The zero-order valence-corrected chi connectivity index (χ0v) is 18.3. The topological polar surface area (TPSA) is 71.5 Å². The SMILES string of the molecule is Cc1ccc(CNC(=O)c2cc(-c3cnccc3CO)ccc2OCC2(C)CC2)cc1F. The van der Waals surface area contributed by atoms with Crippen molar-refractivity contribution in [1.29, 1.82) is 0 Å². The van der Waals surface area contributed by atoms with E-state index in [2.05, 4.69) is 17.2 Å². The third-order valence-electron chi connectivity index (χ3n) is 5.99. The molecule has 4 rings (SSSR count). The normalized spacial score (nSPS) is 14.1. The number of hydrogen-bond donors (Lipinski definition) is 2. The van der Waals surface area contributed by atoms with E-state index in [1.165, 1.54) is 6.07 Å². The van der Waals surface area contributed by atoms with Gasteiger partial charge in [0, 0.05) is 29.9 Å². The van der Waals surface area contributed by atoms with Gasteiger partial charge in [-0.2, -0.15) is 0 Å². The number of aryl methyl sites for hydroxylation is 1. The lowest BCUT2D eigenvalue weighted by molar-refractivity contribution is 0.0945. The van der Waals surface area contributed by atoms with Gasteiger partial charge in [0.1, 0.15) is 11.6 Å². The van der Waals surface area contributed by atoms with Gasteiger partial charge in [-0.1, -0.05) is 25.1 Å². The Bertz CT molecular complexity index is 1140. The van der Waals surface area contributed by atoms with Crippen LogP contribution in [0.2, 0.25) is 0 Å². The minimum atomic E-state index is -0.307. The zero-order valence-electron chi connectivity index (χ0n) is 18.3. The minimum absolute atomic E-state index is 0.130. The molecule has 0 radical (unpaired) electrons. The molecule has 3 aromatic rings. The number of carbonyl (C=O) groups is 1. The fourth-order valence-corrected chi connectivity index (χ4v) is 3.46. The molecule has 2 N–H and O–H groups in total. The lowest BCUT2D eigenvalue weighted by atomic mass is 9.99. The number of carbonyl (C=O) groups excluding carboxylic acids is 1. The summed E-state index contributed by atoms with van der Waals surface area (Å²) in [5, 5.41) is 12.6. The van der Waals surface area contributed by atoms with Crippen molar-refractivity contribution in [1.82, 2.24) is 10.3 Å². The molecule has 32 heavy (non-hydrogen) atoms. The number of ether oxygens (including phenoxy) is 1. The van der Waals surface area contributed by atoms with Gasteiger partial charge < -0.3 is 15.2 Å². The third-order valence-corrected chi connectivity index (χ3v) is 5.99. The summed E-state index contributed by atoms with van der Waals surface area (Å²) in [5.74, 6) is -0.101. The highest BCUT2D eigenvalue weighted by Crippen LogP contribution is 2.45. The molecular formula is C26H27FN2O3. The summed E-state index contributed by atoms with van der Waals surface area (Å²) in [5.41, 5.74) is 4.05. The summed E-state index contributed by atoms with van der Waals surface area (Å²) in [6, 6.07) is 12.1. The van der Waals surface area contributed by atoms with Crippen LogP contribution in [0.1, 0.15) is 46.8 Å². The summed E-state index contributed by atoms with van der Waals surface area (Å²) < 4.78 is 19.9. The molecule has 1 aromatic heterocycles. The first-order valence-electron chi connectivity index (χ1n) is 10.7. The van der Waals surface area contributed by atoms with Crippen molar-refractivity contribution in [3.8, 4) is 16.9 Å². The predicted octanol–water partition coefficient (Wildman–Crippen LogP) is 4.80. The van der Waals surface area contributed by atoms with Crippen LogP contribution in [-0.4, -0.2) is 22.6 Å². The first-order chi connectivity index (χ1) is 15.4. The molecule has 0 aliphatic heterocycles. The second-order valence-corrected chi connectivity index (χ2v) is 8.77. The Hall–Kier alpha value is -3.25. The van der Waals surface area contributed by atoms with Crippen LogP contribution in [-0.2, 0) is 13.2 Å². The number of aliphatic hydroxyl groups is 1. The first-order valence-corrected chi connectivity index (χ1v) is 10.7. The number of benzene rings is 2. The predicted molar refractivity (Wildman–Crippen MR) is 121 cm³/mol. The third kappa shape index (κ3) is 4.97. The number of nitrogens with zero attached hydrogens (tertiary/aromatic N) is 1. The van der Waals surface area contributed by atoms with Gasteiger partial charge in [-0.25, -0.2) is 4.39 Å². The molecule has 1 fully saturated rings. The van der Waals surface area contributed by atoms with Crippen LogP contribution in [0.25, 0.3) is 11.1 Å². The monoisotopic (exact) mass is 434 g/mol. The van der Waals surface area contributed by atoms with E-state index < -0.39 is 0 Å². The van der Waals surface area contributed by atoms with Gasteiger partial charge in [0.2, 0.25) is 0 Å². The molecule has 6 heteroatoms. The number of amides is 1. The summed E-state index contributed by atoms with van der Waals surface area (Å²) in [4.78, 5) is 17.3. The molecule has 5 nitrogen and oxygen atoms in total. The van der Waals surface area contributed by atoms with Gasteiger partial charge in [0.15, 0.2) is 0 Å². The Morgan fingerprint density at radius 1 is 1.22 bits per heavy atom. The molecular weight excluding hydrogens is 407 g/mol. The van der Waals surface area contributed by atoms with Crippen molar-refractivity contribution in [2.75, 3.05) is 6.61 Å². The summed E-state index contributed by atoms with van der Waals surface area (Å²) >= 11 is 0. The van der Waals surface area contributed by atoms with Crippen molar-refractivity contribution in [3.05, 3.63) is 82.9 Å². The molecule has 1 saturated carbocycles. The van der Waals surface area contributed by atoms with Crippen LogP contribution in [0.4, 0.5) is 4.39 Å². The minimum Gasteiger partial charge on any atom is -0.492 e. The molecule has 166 valence electrons. The van der Waals surface area contributed by atoms with E-state index in [0.717, 1.165) is 29.5 Å². The van der Waals surface area contributed by atoms with Gasteiger partial charge in [0.25, 0.3) is 5.91 Å². The Morgan fingerprint density at radius 2 is 2.03 bits per heavy atom. The highest BCUT2D eigenvalue weighted by Gasteiger charge is 2.38. The second kappa shape index (κ2) is 9.09. The number of aromatic nitrogens is 1. The maximum Gasteiger partial charge on any atom is 0.255 e. The maximum atomic E-state index is 13.9. The van der Waals surface area contributed by atoms with Crippen LogP contribution >= 0.6 is 0 Å². The molecule has 0 atom stereocenters. The lowest BCUT2D eigenvalue weighted by Crippen LogP contribution is -2.24. The Kier molecular flexibility index (Phi) is 6.24. The first kappa shape index (κ1) is 22.0. The van der Waals surface area contributed by atoms with Crippen molar-refractivity contribution in [2.24, 2.45) is 5.41 Å². The van der Waals surface area contributed by atoms with Crippen LogP contribution in [0.3, 0.4) is 0 Å². The highest BCUT2D eigenvalue weighted by molar-refractivity contribution is 5.98. The molecule has 0 unspecified atom stereocenters. The molecule has 0 spiro atoms.